The molecule has 2 aromatic carbocycles. The van der Waals surface area contributed by atoms with Gasteiger partial charge in [-0.05, 0) is 56.7 Å². The number of carbonyl (C=O) groups excluding carboxylic acids is 2. The lowest BCUT2D eigenvalue weighted by Gasteiger charge is -2.32. The first-order valence-corrected chi connectivity index (χ1v) is 9.14. The second kappa shape index (κ2) is 8.77. The molecule has 2 aromatic rings. The van der Waals surface area contributed by atoms with Crippen LogP contribution in [0.2, 0.25) is 0 Å². The number of rotatable bonds is 6. The van der Waals surface area contributed by atoms with Gasteiger partial charge in [0, 0.05) is 18.2 Å². The summed E-state index contributed by atoms with van der Waals surface area (Å²) < 4.78 is 5.49. The highest BCUT2D eigenvalue weighted by molar-refractivity contribution is 6.05. The lowest BCUT2D eigenvalue weighted by molar-refractivity contribution is -0.157. The minimum Gasteiger partial charge on any atom is -0.504 e. The second-order valence-corrected chi connectivity index (χ2v) is 7.66. The fraction of sp³-hybridized carbons (Fsp3) is 0.273. The number of hydrogen-bond donors (Lipinski definition) is 4. The summed E-state index contributed by atoms with van der Waals surface area (Å²) in [7, 11) is 0. The quantitative estimate of drug-likeness (QED) is 0.324. The summed E-state index contributed by atoms with van der Waals surface area (Å²) in [4.78, 5) is 26.8. The van der Waals surface area contributed by atoms with Gasteiger partial charge in [-0.2, -0.15) is 0 Å². The fourth-order valence-electron chi connectivity index (χ4n) is 2.79. The van der Waals surface area contributed by atoms with E-state index in [0.29, 0.717) is 5.56 Å². The highest BCUT2D eigenvalue weighted by Crippen LogP contribution is 2.32. The number of amides is 1. The molecule has 1 amide bonds. The van der Waals surface area contributed by atoms with Crippen LogP contribution in [0.25, 0.3) is 0 Å². The van der Waals surface area contributed by atoms with Crippen molar-refractivity contribution in [2.75, 3.05) is 4.90 Å². The Hall–Kier alpha value is -3.68. The molecule has 0 radical (unpaired) electrons. The molecule has 0 aromatic heterocycles. The van der Waals surface area contributed by atoms with Crippen molar-refractivity contribution in [3.05, 3.63) is 54.6 Å². The van der Waals surface area contributed by atoms with Crippen molar-refractivity contribution in [1.29, 1.82) is 0 Å². The van der Waals surface area contributed by atoms with Crippen LogP contribution in [0.3, 0.4) is 0 Å². The van der Waals surface area contributed by atoms with Crippen molar-refractivity contribution in [2.45, 2.75) is 38.8 Å². The van der Waals surface area contributed by atoms with Crippen LogP contribution in [0.1, 0.15) is 26.3 Å². The summed E-state index contributed by atoms with van der Waals surface area (Å²) in [5.41, 5.74) is -0.257. The van der Waals surface area contributed by atoms with E-state index in [0.717, 1.165) is 17.0 Å². The Bertz CT molecular complexity index is 962. The molecule has 30 heavy (non-hydrogen) atoms. The Morgan fingerprint density at radius 2 is 1.57 bits per heavy atom. The average molecular weight is 415 g/mol. The van der Waals surface area contributed by atoms with Crippen LogP contribution in [0, 0.1) is 0 Å². The Morgan fingerprint density at radius 1 is 1.00 bits per heavy atom. The number of hydrogen-bond acceptors (Lipinski definition) is 7. The van der Waals surface area contributed by atoms with E-state index in [1.54, 1.807) is 20.8 Å². The highest BCUT2D eigenvalue weighted by Gasteiger charge is 2.34. The molecular formula is C22H25NO7. The van der Waals surface area contributed by atoms with Gasteiger partial charge in [0.25, 0.3) is 5.91 Å². The molecule has 0 saturated heterocycles. The van der Waals surface area contributed by atoms with E-state index in [1.807, 2.05) is 0 Å². The van der Waals surface area contributed by atoms with Gasteiger partial charge in [0.15, 0.2) is 23.0 Å². The Balaban J connectivity index is 2.57. The smallest absolute Gasteiger partial charge is 0.330 e. The van der Waals surface area contributed by atoms with Gasteiger partial charge in [-0.3, -0.25) is 9.69 Å². The first-order valence-electron chi connectivity index (χ1n) is 9.14. The van der Waals surface area contributed by atoms with Crippen LogP contribution in [-0.2, 0) is 20.7 Å². The highest BCUT2D eigenvalue weighted by atomic mass is 16.6. The molecule has 2 rings (SSSR count). The number of esters is 1. The molecule has 0 unspecified atom stereocenters. The number of benzene rings is 2. The van der Waals surface area contributed by atoms with Crippen molar-refractivity contribution in [3.63, 3.8) is 0 Å². The van der Waals surface area contributed by atoms with Crippen molar-refractivity contribution >= 4 is 17.6 Å². The predicted molar refractivity (Wildman–Crippen MR) is 111 cm³/mol. The zero-order chi connectivity index (χ0) is 22.6. The van der Waals surface area contributed by atoms with Crippen LogP contribution in [-0.4, -0.2) is 43.9 Å². The van der Waals surface area contributed by atoms with Crippen LogP contribution >= 0.6 is 0 Å². The van der Waals surface area contributed by atoms with E-state index in [4.69, 9.17) is 4.74 Å². The van der Waals surface area contributed by atoms with Crippen LogP contribution < -0.4 is 4.90 Å². The first-order chi connectivity index (χ1) is 13.9. The van der Waals surface area contributed by atoms with Crippen molar-refractivity contribution in [3.8, 4) is 23.0 Å². The monoisotopic (exact) mass is 415 g/mol. The van der Waals surface area contributed by atoms with Gasteiger partial charge >= 0.3 is 5.97 Å². The van der Waals surface area contributed by atoms with E-state index < -0.39 is 29.3 Å². The number of aromatic hydroxyl groups is 4. The summed E-state index contributed by atoms with van der Waals surface area (Å²) in [5.74, 6) is -2.92. The predicted octanol–water partition coefficient (Wildman–Crippen LogP) is 2.98. The molecule has 160 valence electrons. The Kier molecular flexibility index (Phi) is 6.61. The van der Waals surface area contributed by atoms with Gasteiger partial charge in [-0.15, -0.1) is 0 Å². The summed E-state index contributed by atoms with van der Waals surface area (Å²) >= 11 is 0. The van der Waals surface area contributed by atoms with E-state index in [9.17, 15) is 30.0 Å². The largest absolute Gasteiger partial charge is 0.504 e. The van der Waals surface area contributed by atoms with Crippen molar-refractivity contribution in [2.24, 2.45) is 0 Å². The molecular weight excluding hydrogens is 390 g/mol. The van der Waals surface area contributed by atoms with Gasteiger partial charge in [-0.1, -0.05) is 12.6 Å². The molecule has 0 aliphatic carbocycles. The summed E-state index contributed by atoms with van der Waals surface area (Å²) in [6.07, 6.45) is 0.944. The SMILES string of the molecule is C=CC(=O)N(c1ccc(O)c(O)c1)[C@@H](Cc1ccc(O)c(O)c1)C(=O)OC(C)(C)C. The molecule has 0 fully saturated rings. The van der Waals surface area contributed by atoms with Gasteiger partial charge in [0.2, 0.25) is 0 Å². The third kappa shape index (κ3) is 5.44. The molecule has 0 spiro atoms. The van der Waals surface area contributed by atoms with Gasteiger partial charge in [-0.25, -0.2) is 4.79 Å². The number of phenols is 4. The normalized spacial score (nSPS) is 12.1. The summed E-state index contributed by atoms with van der Waals surface area (Å²) in [6, 6.07) is 6.54. The topological polar surface area (TPSA) is 128 Å². The van der Waals surface area contributed by atoms with E-state index in [-0.39, 0.29) is 29.4 Å². The molecule has 0 saturated carbocycles. The van der Waals surface area contributed by atoms with E-state index >= 15 is 0 Å². The maximum absolute atomic E-state index is 13.0. The van der Waals surface area contributed by atoms with Crippen LogP contribution in [0.5, 0.6) is 23.0 Å². The van der Waals surface area contributed by atoms with Gasteiger partial charge < -0.3 is 25.2 Å². The number of nitrogens with zero attached hydrogens (tertiary/aromatic N) is 1. The summed E-state index contributed by atoms with van der Waals surface area (Å²) in [6.45, 7) is 8.51. The molecule has 0 bridgehead atoms. The first kappa shape index (κ1) is 22.6. The van der Waals surface area contributed by atoms with Crippen molar-refractivity contribution < 1.29 is 34.8 Å². The zero-order valence-electron chi connectivity index (χ0n) is 17.0. The minimum atomic E-state index is -1.19. The molecule has 8 nitrogen and oxygen atoms in total. The maximum atomic E-state index is 13.0. The Labute approximate surface area is 174 Å². The fourth-order valence-corrected chi connectivity index (χ4v) is 2.79. The number of carbonyl (C=O) groups is 2. The molecule has 0 aliphatic rings. The second-order valence-electron chi connectivity index (χ2n) is 7.66. The standard InChI is InChI=1S/C22H25NO7/c1-5-20(28)23(14-7-9-17(25)19(27)12-14)15(21(29)30-22(2,3)4)10-13-6-8-16(24)18(26)11-13/h5-9,11-12,15,24-27H,1,10H2,2-4H3/t15-/m0/s1. The Morgan fingerprint density at radius 3 is 2.07 bits per heavy atom. The van der Waals surface area contributed by atoms with E-state index in [1.165, 1.54) is 30.3 Å². The molecule has 8 heteroatoms. The third-order valence-electron chi connectivity index (χ3n) is 4.11. The average Bonchev–Trinajstić information content (AvgIpc) is 2.65. The molecule has 0 heterocycles. The minimum absolute atomic E-state index is 0.0655. The van der Waals surface area contributed by atoms with E-state index in [2.05, 4.69) is 6.58 Å². The van der Waals surface area contributed by atoms with Crippen molar-refractivity contribution in [1.82, 2.24) is 0 Å². The zero-order valence-corrected chi connectivity index (χ0v) is 17.0. The lowest BCUT2D eigenvalue weighted by atomic mass is 10.0. The molecule has 0 aliphatic heterocycles. The number of ether oxygens (including phenoxy) is 1. The number of phenolic OH excluding ortho intramolecular Hbond substituents is 4. The lowest BCUT2D eigenvalue weighted by Crippen LogP contribution is -2.48. The van der Waals surface area contributed by atoms with Crippen LogP contribution in [0.4, 0.5) is 5.69 Å². The molecule has 4 N–H and O–H groups in total. The van der Waals surface area contributed by atoms with Gasteiger partial charge in [0.1, 0.15) is 11.6 Å². The van der Waals surface area contributed by atoms with Gasteiger partial charge in [0.05, 0.1) is 0 Å². The van der Waals surface area contributed by atoms with Crippen LogP contribution in [0.15, 0.2) is 49.1 Å². The molecule has 1 atom stereocenters. The summed E-state index contributed by atoms with van der Waals surface area (Å²) in [5, 5.41) is 38.8. The third-order valence-corrected chi connectivity index (χ3v) is 4.11. The maximum Gasteiger partial charge on any atom is 0.330 e. The number of anilines is 1.